The third kappa shape index (κ3) is 2.97. The van der Waals surface area contributed by atoms with E-state index in [1.165, 1.54) is 0 Å². The number of aromatic nitrogens is 1. The lowest BCUT2D eigenvalue weighted by molar-refractivity contribution is 1.11. The van der Waals surface area contributed by atoms with Gasteiger partial charge in [-0.2, -0.15) is 0 Å². The van der Waals surface area contributed by atoms with E-state index in [4.69, 9.17) is 11.6 Å². The minimum atomic E-state index is 0.638. The summed E-state index contributed by atoms with van der Waals surface area (Å²) in [5.41, 5.74) is 0. The van der Waals surface area contributed by atoms with E-state index in [9.17, 15) is 0 Å². The predicted molar refractivity (Wildman–Crippen MR) is 67.5 cm³/mol. The Morgan fingerprint density at radius 3 is 2.60 bits per heavy atom. The highest BCUT2D eigenvalue weighted by atomic mass is 79.9. The van der Waals surface area contributed by atoms with E-state index < -0.39 is 0 Å². The second kappa shape index (κ2) is 5.01. The van der Waals surface area contributed by atoms with Crippen LogP contribution in [0.1, 0.15) is 0 Å². The number of pyridine rings is 1. The van der Waals surface area contributed by atoms with Gasteiger partial charge in [0.2, 0.25) is 0 Å². The number of hydrogen-bond donors (Lipinski definition) is 0. The van der Waals surface area contributed by atoms with Crippen molar-refractivity contribution in [3.8, 4) is 0 Å². The van der Waals surface area contributed by atoms with E-state index in [2.05, 4.69) is 20.9 Å². The Hall–Kier alpha value is -0.510. The first kappa shape index (κ1) is 11.0. The summed E-state index contributed by atoms with van der Waals surface area (Å²) in [5, 5.41) is 1.56. The minimum absolute atomic E-state index is 0.638. The number of nitrogens with zero attached hydrogens (tertiary/aromatic N) is 1. The first-order chi connectivity index (χ1) is 7.25. The average Bonchev–Trinajstić information content (AvgIpc) is 2.24. The van der Waals surface area contributed by atoms with Gasteiger partial charge in [0.1, 0.15) is 5.03 Å². The fraction of sp³-hybridized carbons (Fsp3) is 0. The van der Waals surface area contributed by atoms with E-state index in [1.807, 2.05) is 36.4 Å². The second-order valence-corrected chi connectivity index (χ2v) is 5.21. The summed E-state index contributed by atoms with van der Waals surface area (Å²) >= 11 is 10.9. The Morgan fingerprint density at radius 1 is 1.20 bits per heavy atom. The van der Waals surface area contributed by atoms with E-state index >= 15 is 0 Å². The normalized spacial score (nSPS) is 10.3. The average molecular weight is 301 g/mol. The zero-order valence-corrected chi connectivity index (χ0v) is 10.8. The van der Waals surface area contributed by atoms with Crippen LogP contribution < -0.4 is 0 Å². The summed E-state index contributed by atoms with van der Waals surface area (Å²) in [6, 6.07) is 12.0. The molecule has 15 heavy (non-hydrogen) atoms. The van der Waals surface area contributed by atoms with Crippen molar-refractivity contribution in [3.05, 3.63) is 52.1 Å². The van der Waals surface area contributed by atoms with Crippen LogP contribution in [-0.2, 0) is 0 Å². The number of hydrogen-bond acceptors (Lipinski definition) is 2. The molecule has 0 atom stereocenters. The monoisotopic (exact) mass is 299 g/mol. The Balaban J connectivity index is 2.25. The van der Waals surface area contributed by atoms with E-state index in [1.54, 1.807) is 18.0 Å². The van der Waals surface area contributed by atoms with Gasteiger partial charge in [0.15, 0.2) is 0 Å². The molecule has 0 unspecified atom stereocenters. The van der Waals surface area contributed by atoms with Crippen molar-refractivity contribution < 1.29 is 0 Å². The molecule has 0 spiro atoms. The lowest BCUT2D eigenvalue weighted by Crippen LogP contribution is -1.81. The molecule has 0 amide bonds. The highest BCUT2D eigenvalue weighted by molar-refractivity contribution is 9.10. The van der Waals surface area contributed by atoms with Crippen molar-refractivity contribution in [2.24, 2.45) is 0 Å². The SMILES string of the molecule is Clc1cnc(Sc2ccccc2)c(Br)c1. The van der Waals surface area contributed by atoms with Crippen LogP contribution in [0.5, 0.6) is 0 Å². The van der Waals surface area contributed by atoms with Crippen molar-refractivity contribution in [3.63, 3.8) is 0 Å². The fourth-order valence-corrected chi connectivity index (χ4v) is 2.74. The maximum atomic E-state index is 5.82. The van der Waals surface area contributed by atoms with Crippen LogP contribution in [0.2, 0.25) is 5.02 Å². The molecule has 0 aliphatic heterocycles. The molecule has 0 fully saturated rings. The van der Waals surface area contributed by atoms with Gasteiger partial charge in [-0.1, -0.05) is 41.6 Å². The van der Waals surface area contributed by atoms with Crippen LogP contribution in [0, 0.1) is 0 Å². The molecule has 1 heterocycles. The molecule has 0 bridgehead atoms. The number of rotatable bonds is 2. The van der Waals surface area contributed by atoms with Gasteiger partial charge >= 0.3 is 0 Å². The van der Waals surface area contributed by atoms with Crippen molar-refractivity contribution >= 4 is 39.3 Å². The topological polar surface area (TPSA) is 12.9 Å². The highest BCUT2D eigenvalue weighted by Crippen LogP contribution is 2.32. The fourth-order valence-electron chi connectivity index (χ4n) is 1.08. The van der Waals surface area contributed by atoms with E-state index in [0.29, 0.717) is 5.02 Å². The van der Waals surface area contributed by atoms with E-state index in [0.717, 1.165) is 14.4 Å². The Bertz CT molecular complexity index is 461. The molecular formula is C11H7BrClNS. The second-order valence-electron chi connectivity index (χ2n) is 2.86. The first-order valence-electron chi connectivity index (χ1n) is 4.29. The molecule has 2 rings (SSSR count). The van der Waals surface area contributed by atoms with Gasteiger partial charge in [0.05, 0.1) is 9.50 Å². The molecule has 0 saturated heterocycles. The molecule has 76 valence electrons. The minimum Gasteiger partial charge on any atom is -0.247 e. The Labute approximate surface area is 106 Å². The Morgan fingerprint density at radius 2 is 1.93 bits per heavy atom. The van der Waals surface area contributed by atoms with Crippen molar-refractivity contribution in [1.82, 2.24) is 4.98 Å². The van der Waals surface area contributed by atoms with Gasteiger partial charge in [0.25, 0.3) is 0 Å². The third-order valence-electron chi connectivity index (χ3n) is 1.73. The number of benzene rings is 1. The van der Waals surface area contributed by atoms with Crippen LogP contribution in [-0.4, -0.2) is 4.98 Å². The zero-order valence-electron chi connectivity index (χ0n) is 7.65. The Kier molecular flexibility index (Phi) is 3.67. The summed E-state index contributed by atoms with van der Waals surface area (Å²) in [6.07, 6.45) is 1.65. The molecule has 2 aromatic rings. The quantitative estimate of drug-likeness (QED) is 0.801. The van der Waals surface area contributed by atoms with Crippen LogP contribution in [0.15, 0.2) is 57.0 Å². The lowest BCUT2D eigenvalue weighted by atomic mass is 10.4. The van der Waals surface area contributed by atoms with Crippen LogP contribution in [0.3, 0.4) is 0 Å². The smallest absolute Gasteiger partial charge is 0.115 e. The largest absolute Gasteiger partial charge is 0.247 e. The van der Waals surface area contributed by atoms with Crippen molar-refractivity contribution in [2.45, 2.75) is 9.92 Å². The van der Waals surface area contributed by atoms with E-state index in [-0.39, 0.29) is 0 Å². The van der Waals surface area contributed by atoms with Gasteiger partial charge in [-0.3, -0.25) is 0 Å². The molecule has 0 saturated carbocycles. The molecule has 4 heteroatoms. The van der Waals surface area contributed by atoms with Gasteiger partial charge < -0.3 is 0 Å². The maximum absolute atomic E-state index is 5.82. The zero-order chi connectivity index (χ0) is 10.7. The molecular weight excluding hydrogens is 294 g/mol. The number of halogens is 2. The van der Waals surface area contributed by atoms with Crippen molar-refractivity contribution in [2.75, 3.05) is 0 Å². The van der Waals surface area contributed by atoms with Gasteiger partial charge in [-0.15, -0.1) is 0 Å². The summed E-state index contributed by atoms with van der Waals surface area (Å²) in [5.74, 6) is 0. The molecule has 0 radical (unpaired) electrons. The van der Waals surface area contributed by atoms with Crippen LogP contribution >= 0.6 is 39.3 Å². The van der Waals surface area contributed by atoms with Crippen molar-refractivity contribution in [1.29, 1.82) is 0 Å². The lowest BCUT2D eigenvalue weighted by Gasteiger charge is -2.02. The summed E-state index contributed by atoms with van der Waals surface area (Å²) in [4.78, 5) is 5.42. The summed E-state index contributed by atoms with van der Waals surface area (Å²) in [7, 11) is 0. The van der Waals surface area contributed by atoms with Gasteiger partial charge in [-0.05, 0) is 34.1 Å². The molecule has 0 aliphatic rings. The van der Waals surface area contributed by atoms with Crippen LogP contribution in [0.4, 0.5) is 0 Å². The summed E-state index contributed by atoms with van der Waals surface area (Å²) < 4.78 is 0.920. The molecule has 0 N–H and O–H groups in total. The maximum Gasteiger partial charge on any atom is 0.115 e. The standard InChI is InChI=1S/C11H7BrClNS/c12-10-6-8(13)7-14-11(10)15-9-4-2-1-3-5-9/h1-7H. The molecule has 1 aromatic heterocycles. The first-order valence-corrected chi connectivity index (χ1v) is 6.28. The highest BCUT2D eigenvalue weighted by Gasteiger charge is 2.04. The third-order valence-corrected chi connectivity index (χ3v) is 3.83. The van der Waals surface area contributed by atoms with Crippen LogP contribution in [0.25, 0.3) is 0 Å². The molecule has 0 aliphatic carbocycles. The van der Waals surface area contributed by atoms with Gasteiger partial charge in [0, 0.05) is 11.1 Å². The molecule has 1 aromatic carbocycles. The molecule has 1 nitrogen and oxygen atoms in total. The predicted octanol–water partition coefficient (Wildman–Crippen LogP) is 4.65. The summed E-state index contributed by atoms with van der Waals surface area (Å²) in [6.45, 7) is 0. The van der Waals surface area contributed by atoms with Gasteiger partial charge in [-0.25, -0.2) is 4.98 Å².